The van der Waals surface area contributed by atoms with E-state index in [0.717, 1.165) is 5.56 Å². The topological polar surface area (TPSA) is 35.2 Å². The molecule has 0 saturated heterocycles. The van der Waals surface area contributed by atoms with Gasteiger partial charge < -0.3 is 10.5 Å². The maximum atomic E-state index is 12.5. The van der Waals surface area contributed by atoms with Gasteiger partial charge in [-0.3, -0.25) is 0 Å². The van der Waals surface area contributed by atoms with Gasteiger partial charge in [0.25, 0.3) is 0 Å². The molecule has 0 aliphatic heterocycles. The van der Waals surface area contributed by atoms with E-state index in [9.17, 15) is 4.39 Å². The van der Waals surface area contributed by atoms with Crippen molar-refractivity contribution in [1.82, 2.24) is 0 Å². The number of methoxy groups -OCH3 is 1. The molecule has 2 N–H and O–H groups in total. The lowest BCUT2D eigenvalue weighted by Crippen LogP contribution is -2.13. The Kier molecular flexibility index (Phi) is 3.19. The quantitative estimate of drug-likeness (QED) is 0.743. The lowest BCUT2D eigenvalue weighted by Gasteiger charge is -2.12. The van der Waals surface area contributed by atoms with Crippen molar-refractivity contribution in [3.63, 3.8) is 0 Å². The van der Waals surface area contributed by atoms with E-state index in [0.29, 0.717) is 6.54 Å². The van der Waals surface area contributed by atoms with Gasteiger partial charge in [-0.05, 0) is 17.7 Å². The van der Waals surface area contributed by atoms with Gasteiger partial charge in [-0.15, -0.1) is 0 Å². The van der Waals surface area contributed by atoms with E-state index in [2.05, 4.69) is 0 Å². The summed E-state index contributed by atoms with van der Waals surface area (Å²) in [7, 11) is 1.58. The molecule has 0 bridgehead atoms. The minimum Gasteiger partial charge on any atom is -0.375 e. The van der Waals surface area contributed by atoms with Gasteiger partial charge in [-0.25, -0.2) is 4.39 Å². The lowest BCUT2D eigenvalue weighted by molar-refractivity contribution is 0.110. The molecular weight excluding hydrogens is 157 g/mol. The van der Waals surface area contributed by atoms with Gasteiger partial charge in [0.15, 0.2) is 0 Å². The first kappa shape index (κ1) is 9.16. The zero-order valence-electron chi connectivity index (χ0n) is 6.96. The maximum absolute atomic E-state index is 12.5. The molecular formula is C9H12FNO. The molecule has 0 aliphatic carbocycles. The van der Waals surface area contributed by atoms with E-state index in [1.165, 1.54) is 12.1 Å². The van der Waals surface area contributed by atoms with Crippen LogP contribution in [-0.4, -0.2) is 13.7 Å². The monoisotopic (exact) mass is 169 g/mol. The molecule has 1 rings (SSSR count). The Bertz CT molecular complexity index is 231. The Morgan fingerprint density at radius 2 is 2.00 bits per heavy atom. The second kappa shape index (κ2) is 4.18. The first-order chi connectivity index (χ1) is 5.77. The Hall–Kier alpha value is -0.930. The standard InChI is InChI=1S/C9H12FNO/c1-12-9(6-11)7-2-4-8(10)5-3-7/h2-5,9H,6,11H2,1H3/t9-/m0/s1. The smallest absolute Gasteiger partial charge is 0.123 e. The van der Waals surface area contributed by atoms with Crippen molar-refractivity contribution in [1.29, 1.82) is 0 Å². The average Bonchev–Trinajstić information content (AvgIpc) is 2.10. The number of hydrogen-bond acceptors (Lipinski definition) is 2. The molecule has 0 heterocycles. The van der Waals surface area contributed by atoms with Crippen LogP contribution in [0.4, 0.5) is 4.39 Å². The van der Waals surface area contributed by atoms with Gasteiger partial charge >= 0.3 is 0 Å². The van der Waals surface area contributed by atoms with Crippen LogP contribution in [0.2, 0.25) is 0 Å². The minimum absolute atomic E-state index is 0.134. The zero-order valence-corrected chi connectivity index (χ0v) is 6.96. The van der Waals surface area contributed by atoms with Crippen molar-refractivity contribution in [3.8, 4) is 0 Å². The maximum Gasteiger partial charge on any atom is 0.123 e. The third-order valence-electron chi connectivity index (χ3n) is 1.74. The summed E-state index contributed by atoms with van der Waals surface area (Å²) in [4.78, 5) is 0. The molecule has 3 heteroatoms. The van der Waals surface area contributed by atoms with Crippen molar-refractivity contribution >= 4 is 0 Å². The summed E-state index contributed by atoms with van der Waals surface area (Å²) in [6.45, 7) is 0.405. The Morgan fingerprint density at radius 1 is 1.42 bits per heavy atom. The SMILES string of the molecule is CO[C@@H](CN)c1ccc(F)cc1. The summed E-state index contributed by atoms with van der Waals surface area (Å²) < 4.78 is 17.6. The molecule has 0 radical (unpaired) electrons. The number of hydrogen-bond donors (Lipinski definition) is 1. The fourth-order valence-corrected chi connectivity index (χ4v) is 1.05. The second-order valence-electron chi connectivity index (χ2n) is 2.51. The van der Waals surface area contributed by atoms with Crippen LogP contribution in [-0.2, 0) is 4.74 Å². The number of benzene rings is 1. The van der Waals surface area contributed by atoms with Crippen LogP contribution in [0, 0.1) is 5.82 Å². The van der Waals surface area contributed by atoms with Crippen molar-refractivity contribution < 1.29 is 9.13 Å². The van der Waals surface area contributed by atoms with E-state index < -0.39 is 0 Å². The predicted molar refractivity (Wildman–Crippen MR) is 45.2 cm³/mol. The number of halogens is 1. The first-order valence-electron chi connectivity index (χ1n) is 3.76. The van der Waals surface area contributed by atoms with Gasteiger partial charge in [0.1, 0.15) is 5.82 Å². The average molecular weight is 169 g/mol. The van der Waals surface area contributed by atoms with Crippen molar-refractivity contribution in [3.05, 3.63) is 35.6 Å². The van der Waals surface area contributed by atoms with Crippen molar-refractivity contribution in [2.24, 2.45) is 5.73 Å². The Balaban J connectivity index is 2.80. The van der Waals surface area contributed by atoms with Gasteiger partial charge in [-0.1, -0.05) is 12.1 Å². The Morgan fingerprint density at radius 3 is 2.42 bits per heavy atom. The molecule has 66 valence electrons. The fraction of sp³-hybridized carbons (Fsp3) is 0.333. The van der Waals surface area contributed by atoms with Crippen LogP contribution in [0.1, 0.15) is 11.7 Å². The van der Waals surface area contributed by atoms with Gasteiger partial charge in [0, 0.05) is 13.7 Å². The summed E-state index contributed by atoms with van der Waals surface area (Å²) in [5, 5.41) is 0. The van der Waals surface area contributed by atoms with Crippen LogP contribution < -0.4 is 5.73 Å². The van der Waals surface area contributed by atoms with E-state index in [-0.39, 0.29) is 11.9 Å². The van der Waals surface area contributed by atoms with Crippen LogP contribution in [0.3, 0.4) is 0 Å². The summed E-state index contributed by atoms with van der Waals surface area (Å²) in [6.07, 6.45) is -0.134. The Labute approximate surface area is 71.1 Å². The summed E-state index contributed by atoms with van der Waals surface area (Å²) in [5.41, 5.74) is 6.34. The molecule has 0 saturated carbocycles. The summed E-state index contributed by atoms with van der Waals surface area (Å²) in [6, 6.07) is 6.15. The van der Waals surface area contributed by atoms with Crippen molar-refractivity contribution in [2.75, 3.05) is 13.7 Å². The van der Waals surface area contributed by atoms with Gasteiger partial charge in [-0.2, -0.15) is 0 Å². The highest BCUT2D eigenvalue weighted by Gasteiger charge is 2.06. The van der Waals surface area contributed by atoms with E-state index in [1.807, 2.05) is 0 Å². The van der Waals surface area contributed by atoms with Gasteiger partial charge in [0.2, 0.25) is 0 Å². The van der Waals surface area contributed by atoms with Crippen LogP contribution >= 0.6 is 0 Å². The first-order valence-corrected chi connectivity index (χ1v) is 3.76. The zero-order chi connectivity index (χ0) is 8.97. The molecule has 0 aliphatic rings. The van der Waals surface area contributed by atoms with E-state index >= 15 is 0 Å². The highest BCUT2D eigenvalue weighted by molar-refractivity contribution is 5.18. The summed E-state index contributed by atoms with van der Waals surface area (Å²) >= 11 is 0. The highest BCUT2D eigenvalue weighted by Crippen LogP contribution is 2.14. The molecule has 1 atom stereocenters. The minimum atomic E-state index is -0.245. The summed E-state index contributed by atoms with van der Waals surface area (Å²) in [5.74, 6) is -0.245. The normalized spacial score (nSPS) is 12.9. The fourth-order valence-electron chi connectivity index (χ4n) is 1.05. The number of nitrogens with two attached hydrogens (primary N) is 1. The third-order valence-corrected chi connectivity index (χ3v) is 1.74. The molecule has 1 aromatic carbocycles. The molecule has 2 nitrogen and oxygen atoms in total. The lowest BCUT2D eigenvalue weighted by atomic mass is 10.1. The molecule has 0 spiro atoms. The molecule has 12 heavy (non-hydrogen) atoms. The van der Waals surface area contributed by atoms with Crippen LogP contribution in [0.5, 0.6) is 0 Å². The molecule has 0 amide bonds. The molecule has 0 unspecified atom stereocenters. The number of ether oxygens (including phenoxy) is 1. The second-order valence-corrected chi connectivity index (χ2v) is 2.51. The number of rotatable bonds is 3. The van der Waals surface area contributed by atoms with Crippen LogP contribution in [0.25, 0.3) is 0 Å². The van der Waals surface area contributed by atoms with Gasteiger partial charge in [0.05, 0.1) is 6.10 Å². The van der Waals surface area contributed by atoms with Crippen molar-refractivity contribution in [2.45, 2.75) is 6.10 Å². The molecule has 0 aromatic heterocycles. The third kappa shape index (κ3) is 2.03. The largest absolute Gasteiger partial charge is 0.375 e. The predicted octanol–water partition coefficient (Wildman–Crippen LogP) is 1.47. The van der Waals surface area contributed by atoms with Crippen LogP contribution in [0.15, 0.2) is 24.3 Å². The molecule has 1 aromatic rings. The highest BCUT2D eigenvalue weighted by atomic mass is 19.1. The van der Waals surface area contributed by atoms with E-state index in [4.69, 9.17) is 10.5 Å². The van der Waals surface area contributed by atoms with E-state index in [1.54, 1.807) is 19.2 Å². The molecule has 0 fully saturated rings.